The first-order chi connectivity index (χ1) is 9.58. The van der Waals surface area contributed by atoms with Crippen molar-refractivity contribution in [1.29, 1.82) is 0 Å². The fraction of sp³-hybridized carbons (Fsp3) is 0.765. The summed E-state index contributed by atoms with van der Waals surface area (Å²) in [5.41, 5.74) is 1.22. The molecule has 0 bridgehead atoms. The molecule has 2 heterocycles. The summed E-state index contributed by atoms with van der Waals surface area (Å²) in [6.45, 7) is 15.2. The Kier molecular flexibility index (Phi) is 6.97. The van der Waals surface area contributed by atoms with Gasteiger partial charge >= 0.3 is 0 Å². The molecule has 0 unspecified atom stereocenters. The average molecular weight is 277 g/mol. The van der Waals surface area contributed by atoms with Crippen LogP contribution in [0.2, 0.25) is 0 Å². The van der Waals surface area contributed by atoms with Crippen molar-refractivity contribution in [3.63, 3.8) is 0 Å². The average Bonchev–Trinajstić information content (AvgIpc) is 2.49. The predicted octanol–water partition coefficient (Wildman–Crippen LogP) is 4.50. The highest BCUT2D eigenvalue weighted by molar-refractivity contribution is 5.31. The molecule has 0 aromatic carbocycles. The zero-order valence-corrected chi connectivity index (χ0v) is 14.1. The predicted molar refractivity (Wildman–Crippen MR) is 87.2 cm³/mol. The second-order valence-electron chi connectivity index (χ2n) is 6.04. The lowest BCUT2D eigenvalue weighted by Crippen LogP contribution is -2.36. The van der Waals surface area contributed by atoms with Crippen molar-refractivity contribution in [2.45, 2.75) is 60.3 Å². The summed E-state index contributed by atoms with van der Waals surface area (Å²) < 4.78 is 0. The third-order valence-corrected chi connectivity index (χ3v) is 4.09. The van der Waals surface area contributed by atoms with Crippen molar-refractivity contribution in [1.82, 2.24) is 9.97 Å². The number of piperidine rings is 1. The summed E-state index contributed by atoms with van der Waals surface area (Å²) in [5.74, 6) is 3.08. The van der Waals surface area contributed by atoms with Crippen LogP contribution in [-0.4, -0.2) is 23.1 Å². The van der Waals surface area contributed by atoms with Gasteiger partial charge in [-0.25, -0.2) is 9.97 Å². The van der Waals surface area contributed by atoms with Crippen LogP contribution in [0.15, 0.2) is 12.4 Å². The molecule has 114 valence electrons. The molecule has 0 saturated carbocycles. The smallest absolute Gasteiger partial charge is 0.225 e. The number of rotatable bonds is 3. The zero-order chi connectivity index (χ0) is 15.1. The van der Waals surface area contributed by atoms with Crippen LogP contribution in [0, 0.1) is 11.8 Å². The first-order valence-corrected chi connectivity index (χ1v) is 8.14. The van der Waals surface area contributed by atoms with Crippen molar-refractivity contribution < 1.29 is 0 Å². The summed E-state index contributed by atoms with van der Waals surface area (Å²) in [4.78, 5) is 11.3. The van der Waals surface area contributed by atoms with E-state index in [1.807, 2.05) is 26.2 Å². The maximum absolute atomic E-state index is 4.51. The first kappa shape index (κ1) is 16.9. The minimum atomic E-state index is 0.505. The summed E-state index contributed by atoms with van der Waals surface area (Å²) in [6, 6.07) is 0. The zero-order valence-electron chi connectivity index (χ0n) is 14.1. The van der Waals surface area contributed by atoms with Crippen molar-refractivity contribution in [3.8, 4) is 0 Å². The molecule has 1 aromatic rings. The van der Waals surface area contributed by atoms with E-state index in [9.17, 15) is 0 Å². The fourth-order valence-electron chi connectivity index (χ4n) is 2.56. The third kappa shape index (κ3) is 4.46. The number of aromatic nitrogens is 2. The molecule has 3 heteroatoms. The molecule has 1 aliphatic heterocycles. The van der Waals surface area contributed by atoms with Crippen LogP contribution in [0.5, 0.6) is 0 Å². The topological polar surface area (TPSA) is 29.0 Å². The van der Waals surface area contributed by atoms with E-state index in [0.29, 0.717) is 5.92 Å². The van der Waals surface area contributed by atoms with E-state index in [0.717, 1.165) is 30.9 Å². The number of hydrogen-bond acceptors (Lipinski definition) is 3. The van der Waals surface area contributed by atoms with E-state index >= 15 is 0 Å². The molecule has 1 fully saturated rings. The van der Waals surface area contributed by atoms with Crippen LogP contribution < -0.4 is 4.90 Å². The van der Waals surface area contributed by atoms with Gasteiger partial charge in [0.15, 0.2) is 0 Å². The molecule has 1 aromatic heterocycles. The van der Waals surface area contributed by atoms with Gasteiger partial charge in [-0.3, -0.25) is 0 Å². The molecular weight excluding hydrogens is 246 g/mol. The summed E-state index contributed by atoms with van der Waals surface area (Å²) in [5, 5.41) is 0. The molecule has 1 saturated heterocycles. The maximum atomic E-state index is 4.51. The van der Waals surface area contributed by atoms with Crippen molar-refractivity contribution >= 4 is 5.95 Å². The van der Waals surface area contributed by atoms with Crippen molar-refractivity contribution in [2.75, 3.05) is 18.0 Å². The lowest BCUT2D eigenvalue weighted by atomic mass is 9.87. The van der Waals surface area contributed by atoms with E-state index < -0.39 is 0 Å². The molecule has 0 amide bonds. The van der Waals surface area contributed by atoms with E-state index in [-0.39, 0.29) is 0 Å². The Bertz CT molecular complexity index is 362. The first-order valence-electron chi connectivity index (χ1n) is 8.14. The van der Waals surface area contributed by atoms with Crippen LogP contribution >= 0.6 is 0 Å². The van der Waals surface area contributed by atoms with Gasteiger partial charge in [-0.05, 0) is 36.2 Å². The number of anilines is 1. The molecular formula is C17H31N3. The molecule has 20 heavy (non-hydrogen) atoms. The molecule has 0 N–H and O–H groups in total. The second kappa shape index (κ2) is 8.23. The standard InChI is InChI=1S/C15H25N3.C2H6/c1-11(2)13-5-7-18(8-6-13)15-16-9-14(10-17-15)12(3)4;1-2/h9-13H,5-8H2,1-4H3;1-2H3. The molecule has 0 spiro atoms. The normalized spacial score (nSPS) is 16.3. The second-order valence-corrected chi connectivity index (χ2v) is 6.04. The highest BCUT2D eigenvalue weighted by Crippen LogP contribution is 2.26. The Morgan fingerprint density at radius 1 is 1.00 bits per heavy atom. The minimum absolute atomic E-state index is 0.505. The van der Waals surface area contributed by atoms with Crippen molar-refractivity contribution in [3.05, 3.63) is 18.0 Å². The van der Waals surface area contributed by atoms with Crippen LogP contribution in [-0.2, 0) is 0 Å². The Morgan fingerprint density at radius 3 is 1.90 bits per heavy atom. The lowest BCUT2D eigenvalue weighted by Gasteiger charge is -2.33. The molecule has 1 aliphatic rings. The third-order valence-electron chi connectivity index (χ3n) is 4.09. The van der Waals surface area contributed by atoms with E-state index in [1.54, 1.807) is 0 Å². The quantitative estimate of drug-likeness (QED) is 0.814. The fourth-order valence-corrected chi connectivity index (χ4v) is 2.56. The van der Waals surface area contributed by atoms with Gasteiger partial charge in [-0.1, -0.05) is 41.5 Å². The van der Waals surface area contributed by atoms with E-state index in [4.69, 9.17) is 0 Å². The number of nitrogens with zero attached hydrogens (tertiary/aromatic N) is 3. The largest absolute Gasteiger partial charge is 0.341 e. The Hall–Kier alpha value is -1.12. The summed E-state index contributed by atoms with van der Waals surface area (Å²) in [6.07, 6.45) is 6.49. The van der Waals surface area contributed by atoms with E-state index in [2.05, 4.69) is 42.6 Å². The van der Waals surface area contributed by atoms with Gasteiger partial charge in [0.1, 0.15) is 0 Å². The monoisotopic (exact) mass is 277 g/mol. The molecule has 2 rings (SSSR count). The van der Waals surface area contributed by atoms with Crippen LogP contribution in [0.3, 0.4) is 0 Å². The molecule has 3 nitrogen and oxygen atoms in total. The SMILES string of the molecule is CC.CC(C)c1cnc(N2CCC(C(C)C)CC2)nc1. The van der Waals surface area contributed by atoms with Gasteiger partial charge in [0.05, 0.1) is 0 Å². The van der Waals surface area contributed by atoms with Crippen molar-refractivity contribution in [2.24, 2.45) is 11.8 Å². The van der Waals surface area contributed by atoms with Gasteiger partial charge in [0, 0.05) is 25.5 Å². The maximum Gasteiger partial charge on any atom is 0.225 e. The molecule has 0 aliphatic carbocycles. The van der Waals surface area contributed by atoms with Crippen LogP contribution in [0.1, 0.15) is 65.9 Å². The Labute approximate surface area is 124 Å². The van der Waals surface area contributed by atoms with Crippen LogP contribution in [0.4, 0.5) is 5.95 Å². The van der Waals surface area contributed by atoms with Gasteiger partial charge in [-0.2, -0.15) is 0 Å². The summed E-state index contributed by atoms with van der Waals surface area (Å²) >= 11 is 0. The highest BCUT2D eigenvalue weighted by Gasteiger charge is 2.22. The summed E-state index contributed by atoms with van der Waals surface area (Å²) in [7, 11) is 0. The Balaban J connectivity index is 0.000000956. The minimum Gasteiger partial charge on any atom is -0.341 e. The molecule has 0 atom stereocenters. The van der Waals surface area contributed by atoms with Gasteiger partial charge in [-0.15, -0.1) is 0 Å². The Morgan fingerprint density at radius 2 is 1.50 bits per heavy atom. The van der Waals surface area contributed by atoms with Gasteiger partial charge in [0.2, 0.25) is 5.95 Å². The molecule has 0 radical (unpaired) electrons. The van der Waals surface area contributed by atoms with Crippen LogP contribution in [0.25, 0.3) is 0 Å². The number of hydrogen-bond donors (Lipinski definition) is 0. The lowest BCUT2D eigenvalue weighted by molar-refractivity contribution is 0.310. The highest BCUT2D eigenvalue weighted by atomic mass is 15.2. The van der Waals surface area contributed by atoms with Gasteiger partial charge < -0.3 is 4.90 Å². The van der Waals surface area contributed by atoms with E-state index in [1.165, 1.54) is 18.4 Å². The van der Waals surface area contributed by atoms with Gasteiger partial charge in [0.25, 0.3) is 0 Å².